The Bertz CT molecular complexity index is 735. The van der Waals surface area contributed by atoms with E-state index in [-0.39, 0.29) is 36.4 Å². The molecule has 3 saturated heterocycles. The van der Waals surface area contributed by atoms with E-state index in [1.165, 1.54) is 5.69 Å². The summed E-state index contributed by atoms with van der Waals surface area (Å²) in [5.41, 5.74) is 1.23. The van der Waals surface area contributed by atoms with E-state index in [1.807, 2.05) is 11.0 Å². The lowest BCUT2D eigenvalue weighted by molar-refractivity contribution is -0.129. The lowest BCUT2D eigenvalue weighted by atomic mass is 10.2. The van der Waals surface area contributed by atoms with Crippen molar-refractivity contribution in [2.24, 2.45) is 4.99 Å². The predicted octanol–water partition coefficient (Wildman–Crippen LogP) is 1.33. The molecule has 0 spiro atoms. The summed E-state index contributed by atoms with van der Waals surface area (Å²) in [5, 5.41) is 3.39. The molecule has 3 aliphatic rings. The summed E-state index contributed by atoms with van der Waals surface area (Å²) >= 11 is 0. The fourth-order valence-electron chi connectivity index (χ4n) is 4.70. The van der Waals surface area contributed by atoms with E-state index >= 15 is 0 Å². The van der Waals surface area contributed by atoms with Crippen LogP contribution in [0.5, 0.6) is 0 Å². The Morgan fingerprint density at radius 3 is 2.44 bits per heavy atom. The third-order valence-corrected chi connectivity index (χ3v) is 6.48. The first-order valence-corrected chi connectivity index (χ1v) is 11.7. The van der Waals surface area contributed by atoms with Crippen LogP contribution in [0.25, 0.3) is 0 Å². The Hall–Kier alpha value is -1.59. The van der Waals surface area contributed by atoms with Crippen LogP contribution in [0, 0.1) is 0 Å². The van der Waals surface area contributed by atoms with Crippen LogP contribution in [0.15, 0.2) is 35.3 Å². The van der Waals surface area contributed by atoms with Gasteiger partial charge in [0.1, 0.15) is 6.54 Å². The minimum absolute atomic E-state index is 0. The topological polar surface area (TPSA) is 63.7 Å². The molecule has 0 aromatic heterocycles. The average Bonchev–Trinajstić information content (AvgIpc) is 3.33. The molecule has 0 radical (unpaired) electrons. The van der Waals surface area contributed by atoms with Gasteiger partial charge >= 0.3 is 0 Å². The van der Waals surface area contributed by atoms with E-state index in [0.717, 1.165) is 84.5 Å². The molecule has 1 atom stereocenters. The number of carbonyl (C=O) groups is 1. The molecule has 0 aliphatic carbocycles. The second-order valence-corrected chi connectivity index (χ2v) is 8.41. The molecule has 8 nitrogen and oxygen atoms in total. The van der Waals surface area contributed by atoms with Gasteiger partial charge in [-0.05, 0) is 25.5 Å². The molecule has 1 amide bonds. The largest absolute Gasteiger partial charge is 0.379 e. The minimum atomic E-state index is 0. The molecule has 0 bridgehead atoms. The third-order valence-electron chi connectivity index (χ3n) is 6.48. The minimum Gasteiger partial charge on any atom is -0.379 e. The first kappa shape index (κ1) is 25.0. The molecule has 3 fully saturated rings. The summed E-state index contributed by atoms with van der Waals surface area (Å²) in [7, 11) is 0. The summed E-state index contributed by atoms with van der Waals surface area (Å²) in [6.45, 7) is 12.0. The molecule has 1 aromatic carbocycles. The van der Waals surface area contributed by atoms with Gasteiger partial charge in [0.25, 0.3) is 0 Å². The maximum absolute atomic E-state index is 12.8. The normalized spacial score (nSPS) is 22.6. The van der Waals surface area contributed by atoms with Crippen molar-refractivity contribution in [3.05, 3.63) is 30.3 Å². The summed E-state index contributed by atoms with van der Waals surface area (Å²) in [5.74, 6) is 0.988. The van der Waals surface area contributed by atoms with Crippen LogP contribution in [-0.4, -0.2) is 111 Å². The summed E-state index contributed by atoms with van der Waals surface area (Å²) in [6, 6.07) is 11.0. The van der Waals surface area contributed by atoms with Gasteiger partial charge in [0, 0.05) is 70.6 Å². The first-order chi connectivity index (χ1) is 15.2. The van der Waals surface area contributed by atoms with Gasteiger partial charge < -0.3 is 24.8 Å². The van der Waals surface area contributed by atoms with E-state index in [2.05, 4.69) is 51.2 Å². The second-order valence-electron chi connectivity index (χ2n) is 8.41. The van der Waals surface area contributed by atoms with Crippen LogP contribution in [-0.2, 0) is 9.53 Å². The van der Waals surface area contributed by atoms with Crippen LogP contribution in [0.2, 0.25) is 0 Å². The standard InChI is InChI=1S/C23H36N6O2.HI/c1-2-24-23(29-9-8-21(19-29)27-14-16-31-17-15-27)25-18-22(30)28-12-10-26(11-13-28)20-6-4-3-5-7-20;/h3-7,21H,2,8-19H2,1H3,(H,24,25);1H. The second kappa shape index (κ2) is 12.6. The zero-order valence-electron chi connectivity index (χ0n) is 19.1. The number of hydrogen-bond donors (Lipinski definition) is 1. The van der Waals surface area contributed by atoms with E-state index in [9.17, 15) is 4.79 Å². The first-order valence-electron chi connectivity index (χ1n) is 11.7. The van der Waals surface area contributed by atoms with E-state index in [1.54, 1.807) is 0 Å². The number of para-hydroxylation sites is 1. The number of amides is 1. The van der Waals surface area contributed by atoms with E-state index in [4.69, 9.17) is 9.73 Å². The van der Waals surface area contributed by atoms with E-state index < -0.39 is 0 Å². The monoisotopic (exact) mass is 556 g/mol. The lowest BCUT2D eigenvalue weighted by Gasteiger charge is -2.36. The highest BCUT2D eigenvalue weighted by atomic mass is 127. The summed E-state index contributed by atoms with van der Waals surface area (Å²) in [4.78, 5) is 26.7. The Morgan fingerprint density at radius 2 is 1.75 bits per heavy atom. The number of morpholine rings is 1. The number of guanidine groups is 1. The van der Waals surface area contributed by atoms with Crippen LogP contribution < -0.4 is 10.2 Å². The highest BCUT2D eigenvalue weighted by Crippen LogP contribution is 2.18. The van der Waals surface area contributed by atoms with Crippen molar-refractivity contribution < 1.29 is 9.53 Å². The van der Waals surface area contributed by atoms with Gasteiger partial charge in [-0.3, -0.25) is 9.69 Å². The van der Waals surface area contributed by atoms with Gasteiger partial charge in [-0.25, -0.2) is 4.99 Å². The van der Waals surface area contributed by atoms with Crippen LogP contribution >= 0.6 is 24.0 Å². The number of ether oxygens (including phenoxy) is 1. The van der Waals surface area contributed by atoms with Crippen molar-refractivity contribution in [3.8, 4) is 0 Å². The van der Waals surface area contributed by atoms with Crippen molar-refractivity contribution in [1.29, 1.82) is 0 Å². The Labute approximate surface area is 209 Å². The van der Waals surface area contributed by atoms with Crippen molar-refractivity contribution in [2.45, 2.75) is 19.4 Å². The summed E-state index contributed by atoms with van der Waals surface area (Å²) in [6.07, 6.45) is 1.14. The molecule has 178 valence electrons. The molecule has 32 heavy (non-hydrogen) atoms. The molecule has 3 heterocycles. The van der Waals surface area contributed by atoms with Crippen LogP contribution in [0.4, 0.5) is 5.69 Å². The number of halogens is 1. The van der Waals surface area contributed by atoms with Crippen molar-refractivity contribution >= 4 is 41.5 Å². The van der Waals surface area contributed by atoms with Gasteiger partial charge in [0.15, 0.2) is 5.96 Å². The number of aliphatic imine (C=N–C) groups is 1. The molecule has 4 rings (SSSR count). The van der Waals surface area contributed by atoms with Crippen molar-refractivity contribution in [3.63, 3.8) is 0 Å². The number of piperazine rings is 1. The van der Waals surface area contributed by atoms with Gasteiger partial charge in [0.05, 0.1) is 13.2 Å². The average molecular weight is 556 g/mol. The molecule has 1 N–H and O–H groups in total. The SMILES string of the molecule is CCNC(=NCC(=O)N1CCN(c2ccccc2)CC1)N1CCC(N2CCOCC2)C1.I. The molecule has 0 saturated carbocycles. The maximum Gasteiger partial charge on any atom is 0.244 e. The Morgan fingerprint density at radius 1 is 1.03 bits per heavy atom. The number of carbonyl (C=O) groups excluding carboxylic acids is 1. The number of likely N-dealkylation sites (tertiary alicyclic amines) is 1. The number of rotatable bonds is 5. The number of anilines is 1. The molecule has 1 unspecified atom stereocenters. The molecular weight excluding hydrogens is 519 g/mol. The van der Waals surface area contributed by atoms with Gasteiger partial charge in [0.2, 0.25) is 5.91 Å². The number of hydrogen-bond acceptors (Lipinski definition) is 5. The van der Waals surface area contributed by atoms with Gasteiger partial charge in [-0.2, -0.15) is 0 Å². The number of nitrogens with one attached hydrogen (secondary N) is 1. The zero-order chi connectivity index (χ0) is 21.5. The van der Waals surface area contributed by atoms with E-state index in [0.29, 0.717) is 6.04 Å². The van der Waals surface area contributed by atoms with Crippen molar-refractivity contribution in [1.82, 2.24) is 20.0 Å². The number of benzene rings is 1. The Balaban J connectivity index is 0.00000289. The fraction of sp³-hybridized carbons (Fsp3) is 0.652. The number of nitrogens with zero attached hydrogens (tertiary/aromatic N) is 5. The highest BCUT2D eigenvalue weighted by Gasteiger charge is 2.30. The highest BCUT2D eigenvalue weighted by molar-refractivity contribution is 14.0. The molecular formula is C23H37IN6O2. The third kappa shape index (κ3) is 6.48. The molecule has 3 aliphatic heterocycles. The quantitative estimate of drug-likeness (QED) is 0.336. The molecule has 9 heteroatoms. The van der Waals surface area contributed by atoms with Crippen molar-refractivity contribution in [2.75, 3.05) is 83.6 Å². The smallest absolute Gasteiger partial charge is 0.244 e. The predicted molar refractivity (Wildman–Crippen MR) is 139 cm³/mol. The van der Waals surface area contributed by atoms with Gasteiger partial charge in [-0.15, -0.1) is 24.0 Å². The zero-order valence-corrected chi connectivity index (χ0v) is 21.4. The Kier molecular flexibility index (Phi) is 9.86. The van der Waals surface area contributed by atoms with Crippen LogP contribution in [0.1, 0.15) is 13.3 Å². The molecule has 1 aromatic rings. The lowest BCUT2D eigenvalue weighted by Crippen LogP contribution is -2.50. The van der Waals surface area contributed by atoms with Crippen LogP contribution in [0.3, 0.4) is 0 Å². The maximum atomic E-state index is 12.8. The van der Waals surface area contributed by atoms with Gasteiger partial charge in [-0.1, -0.05) is 18.2 Å². The summed E-state index contributed by atoms with van der Waals surface area (Å²) < 4.78 is 5.49. The fourth-order valence-corrected chi connectivity index (χ4v) is 4.70.